The molecule has 2 rings (SSSR count). The molecular formula is C12H22N4. The molecule has 0 radical (unpaired) electrons. The Morgan fingerprint density at radius 2 is 2.06 bits per heavy atom. The highest BCUT2D eigenvalue weighted by molar-refractivity contribution is 5.05. The number of aromatic nitrogens is 3. The smallest absolute Gasteiger partial charge is 0.136 e. The van der Waals surface area contributed by atoms with Crippen LogP contribution in [-0.2, 0) is 0 Å². The van der Waals surface area contributed by atoms with Crippen LogP contribution in [0.15, 0.2) is 0 Å². The van der Waals surface area contributed by atoms with Gasteiger partial charge in [0.25, 0.3) is 0 Å². The molecule has 1 fully saturated rings. The van der Waals surface area contributed by atoms with Crippen molar-refractivity contribution in [2.45, 2.75) is 64.5 Å². The van der Waals surface area contributed by atoms with Crippen molar-refractivity contribution in [3.05, 3.63) is 11.6 Å². The van der Waals surface area contributed by atoms with Crippen LogP contribution in [0.2, 0.25) is 0 Å². The van der Waals surface area contributed by atoms with Crippen LogP contribution < -0.4 is 5.73 Å². The third kappa shape index (κ3) is 2.12. The van der Waals surface area contributed by atoms with E-state index in [4.69, 9.17) is 5.73 Å². The quantitative estimate of drug-likeness (QED) is 0.834. The average Bonchev–Trinajstić information content (AvgIpc) is 2.60. The lowest BCUT2D eigenvalue weighted by Gasteiger charge is -2.27. The van der Waals surface area contributed by atoms with Gasteiger partial charge in [0.05, 0.1) is 0 Å². The monoisotopic (exact) mass is 222 g/mol. The second-order valence-electron chi connectivity index (χ2n) is 5.19. The minimum absolute atomic E-state index is 0.344. The molecule has 1 aromatic heterocycles. The Bertz CT molecular complexity index is 356. The lowest BCUT2D eigenvalue weighted by atomic mass is 9.85. The van der Waals surface area contributed by atoms with Crippen molar-refractivity contribution in [2.24, 2.45) is 5.73 Å². The van der Waals surface area contributed by atoms with Crippen LogP contribution >= 0.6 is 0 Å². The largest absolute Gasteiger partial charge is 0.328 e. The van der Waals surface area contributed by atoms with Gasteiger partial charge in [0.15, 0.2) is 0 Å². The topological polar surface area (TPSA) is 56.7 Å². The van der Waals surface area contributed by atoms with Crippen molar-refractivity contribution in [2.75, 3.05) is 0 Å². The summed E-state index contributed by atoms with van der Waals surface area (Å²) in [5.41, 5.74) is 6.04. The molecule has 2 N–H and O–H groups in total. The van der Waals surface area contributed by atoms with E-state index in [9.17, 15) is 0 Å². The molecule has 4 nitrogen and oxygen atoms in total. The van der Waals surface area contributed by atoms with Crippen LogP contribution in [0.1, 0.15) is 63.1 Å². The minimum atomic E-state index is 0.344. The number of nitrogens with zero attached hydrogens (tertiary/aromatic N) is 3. The lowest BCUT2D eigenvalue weighted by molar-refractivity contribution is 0.366. The van der Waals surface area contributed by atoms with E-state index in [0.29, 0.717) is 18.0 Å². The van der Waals surface area contributed by atoms with Crippen molar-refractivity contribution < 1.29 is 0 Å². The summed E-state index contributed by atoms with van der Waals surface area (Å²) in [5.74, 6) is 2.67. The van der Waals surface area contributed by atoms with Gasteiger partial charge in [-0.25, -0.2) is 0 Å². The third-order valence-corrected chi connectivity index (χ3v) is 3.49. The van der Waals surface area contributed by atoms with Crippen molar-refractivity contribution in [3.63, 3.8) is 0 Å². The Morgan fingerprint density at radius 1 is 1.31 bits per heavy atom. The van der Waals surface area contributed by atoms with Gasteiger partial charge in [-0.3, -0.25) is 0 Å². The highest BCUT2D eigenvalue weighted by Gasteiger charge is 2.26. The summed E-state index contributed by atoms with van der Waals surface area (Å²) in [4.78, 5) is 0. The fourth-order valence-electron chi connectivity index (χ4n) is 2.76. The summed E-state index contributed by atoms with van der Waals surface area (Å²) in [6.45, 7) is 6.39. The standard InChI is InChI=1S/C12H22N4/c1-8(2)16-9(3)14-15-12(16)10-5-4-6-11(13)7-10/h8,10-11H,4-7,13H2,1-3H3. The molecule has 0 amide bonds. The zero-order chi connectivity index (χ0) is 11.7. The summed E-state index contributed by atoms with van der Waals surface area (Å²) < 4.78 is 2.25. The second-order valence-corrected chi connectivity index (χ2v) is 5.19. The Balaban J connectivity index is 2.25. The van der Waals surface area contributed by atoms with Gasteiger partial charge in [-0.05, 0) is 40.0 Å². The Morgan fingerprint density at radius 3 is 2.69 bits per heavy atom. The summed E-state index contributed by atoms with van der Waals surface area (Å²) >= 11 is 0. The highest BCUT2D eigenvalue weighted by Crippen LogP contribution is 2.32. The molecule has 0 aliphatic heterocycles. The lowest BCUT2D eigenvalue weighted by Crippen LogP contribution is -2.28. The van der Waals surface area contributed by atoms with E-state index >= 15 is 0 Å². The van der Waals surface area contributed by atoms with Crippen molar-refractivity contribution in [1.82, 2.24) is 14.8 Å². The first kappa shape index (κ1) is 11.6. The molecule has 2 unspecified atom stereocenters. The molecule has 4 heteroatoms. The molecule has 0 spiro atoms. The zero-order valence-electron chi connectivity index (χ0n) is 10.5. The van der Waals surface area contributed by atoms with E-state index < -0.39 is 0 Å². The predicted octanol–water partition coefficient (Wildman–Crippen LogP) is 2.15. The van der Waals surface area contributed by atoms with E-state index in [-0.39, 0.29) is 0 Å². The van der Waals surface area contributed by atoms with Gasteiger partial charge in [-0.15, -0.1) is 10.2 Å². The number of hydrogen-bond donors (Lipinski definition) is 1. The van der Waals surface area contributed by atoms with E-state index in [0.717, 1.165) is 24.5 Å². The van der Waals surface area contributed by atoms with E-state index in [1.54, 1.807) is 0 Å². The molecule has 90 valence electrons. The van der Waals surface area contributed by atoms with Crippen molar-refractivity contribution >= 4 is 0 Å². The van der Waals surface area contributed by atoms with Crippen LogP contribution in [-0.4, -0.2) is 20.8 Å². The van der Waals surface area contributed by atoms with Crippen molar-refractivity contribution in [3.8, 4) is 0 Å². The fraction of sp³-hybridized carbons (Fsp3) is 0.833. The van der Waals surface area contributed by atoms with E-state index in [1.165, 1.54) is 12.8 Å². The summed E-state index contributed by atoms with van der Waals surface area (Å²) in [5, 5.41) is 8.56. The Kier molecular flexibility index (Phi) is 3.28. The summed E-state index contributed by atoms with van der Waals surface area (Å²) in [6.07, 6.45) is 4.64. The summed E-state index contributed by atoms with van der Waals surface area (Å²) in [6, 6.07) is 0.777. The Labute approximate surface area is 97.2 Å². The molecule has 1 saturated carbocycles. The normalized spacial score (nSPS) is 26.3. The maximum atomic E-state index is 6.04. The molecule has 0 bridgehead atoms. The molecule has 16 heavy (non-hydrogen) atoms. The number of hydrogen-bond acceptors (Lipinski definition) is 3. The third-order valence-electron chi connectivity index (χ3n) is 3.49. The first-order chi connectivity index (χ1) is 7.59. The molecule has 1 aliphatic rings. The van der Waals surface area contributed by atoms with Gasteiger partial charge in [0, 0.05) is 18.0 Å². The molecule has 1 aromatic rings. The number of nitrogens with two attached hydrogens (primary N) is 1. The van der Waals surface area contributed by atoms with E-state index in [2.05, 4.69) is 28.6 Å². The van der Waals surface area contributed by atoms with Crippen LogP contribution in [0.5, 0.6) is 0 Å². The molecular weight excluding hydrogens is 200 g/mol. The first-order valence-electron chi connectivity index (χ1n) is 6.26. The van der Waals surface area contributed by atoms with Gasteiger partial charge in [-0.2, -0.15) is 0 Å². The van der Waals surface area contributed by atoms with Gasteiger partial charge in [0.2, 0.25) is 0 Å². The summed E-state index contributed by atoms with van der Waals surface area (Å²) in [7, 11) is 0. The molecule has 0 aromatic carbocycles. The fourth-order valence-corrected chi connectivity index (χ4v) is 2.76. The molecule has 0 saturated heterocycles. The molecule has 2 atom stereocenters. The first-order valence-corrected chi connectivity index (χ1v) is 6.26. The van der Waals surface area contributed by atoms with Crippen molar-refractivity contribution in [1.29, 1.82) is 0 Å². The zero-order valence-corrected chi connectivity index (χ0v) is 10.5. The predicted molar refractivity (Wildman–Crippen MR) is 64.3 cm³/mol. The Hall–Kier alpha value is -0.900. The van der Waals surface area contributed by atoms with Gasteiger partial charge >= 0.3 is 0 Å². The van der Waals surface area contributed by atoms with Crippen LogP contribution in [0.25, 0.3) is 0 Å². The number of aryl methyl sites for hydroxylation is 1. The van der Waals surface area contributed by atoms with Gasteiger partial charge in [-0.1, -0.05) is 6.42 Å². The maximum absolute atomic E-state index is 6.04. The number of rotatable bonds is 2. The molecule has 1 aliphatic carbocycles. The van der Waals surface area contributed by atoms with Gasteiger partial charge < -0.3 is 10.3 Å². The van der Waals surface area contributed by atoms with Crippen LogP contribution in [0.4, 0.5) is 0 Å². The molecule has 1 heterocycles. The second kappa shape index (κ2) is 4.53. The van der Waals surface area contributed by atoms with Gasteiger partial charge in [0.1, 0.15) is 11.6 Å². The minimum Gasteiger partial charge on any atom is -0.328 e. The highest BCUT2D eigenvalue weighted by atomic mass is 15.3. The van der Waals surface area contributed by atoms with Crippen LogP contribution in [0, 0.1) is 6.92 Å². The van der Waals surface area contributed by atoms with Crippen LogP contribution in [0.3, 0.4) is 0 Å². The maximum Gasteiger partial charge on any atom is 0.136 e. The SMILES string of the molecule is Cc1nnc(C2CCCC(N)C2)n1C(C)C. The average molecular weight is 222 g/mol. The van der Waals surface area contributed by atoms with E-state index in [1.807, 2.05) is 6.92 Å².